The number of hydrogen-bond donors (Lipinski definition) is 0. The molecule has 1 aliphatic carbocycles. The maximum absolute atomic E-state index is 6.11. The van der Waals surface area contributed by atoms with Gasteiger partial charge in [0.05, 0.1) is 20.6 Å². The number of hydrogen-bond acceptors (Lipinski definition) is 3. The van der Waals surface area contributed by atoms with Crippen molar-refractivity contribution >= 4 is 47.2 Å². The van der Waals surface area contributed by atoms with Gasteiger partial charge in [0.15, 0.2) is 0 Å². The van der Waals surface area contributed by atoms with E-state index in [-0.39, 0.29) is 0 Å². The minimum absolute atomic E-state index is 0.565. The van der Waals surface area contributed by atoms with Gasteiger partial charge in [-0.25, -0.2) is 4.40 Å². The quantitative estimate of drug-likeness (QED) is 0.690. The first kappa shape index (κ1) is 11.7. The standard InChI is InChI=1S/C12H12Cl2N2S/c13-9-5-11-12(6-10(9)14)17-15-7-16(11)8-3-1-2-4-8/h5-8H,1-4H2. The summed E-state index contributed by atoms with van der Waals surface area (Å²) >= 11 is 13.6. The number of anilines is 1. The summed E-state index contributed by atoms with van der Waals surface area (Å²) in [6.45, 7) is 0. The van der Waals surface area contributed by atoms with E-state index < -0.39 is 0 Å². The minimum atomic E-state index is 0.565. The second-order valence-electron chi connectivity index (χ2n) is 4.39. The summed E-state index contributed by atoms with van der Waals surface area (Å²) in [5, 5.41) is 1.21. The molecule has 2 nitrogen and oxygen atoms in total. The van der Waals surface area contributed by atoms with Gasteiger partial charge >= 0.3 is 0 Å². The number of halogens is 2. The topological polar surface area (TPSA) is 15.6 Å². The Labute approximate surface area is 115 Å². The molecule has 0 amide bonds. The highest BCUT2D eigenvalue weighted by Crippen LogP contribution is 2.41. The lowest BCUT2D eigenvalue weighted by atomic mass is 10.2. The summed E-state index contributed by atoms with van der Waals surface area (Å²) in [7, 11) is 0. The molecule has 0 aromatic heterocycles. The SMILES string of the molecule is Clc1cc2c(cc1Cl)N(C1CCCC1)C=NS2. The predicted molar refractivity (Wildman–Crippen MR) is 75.5 cm³/mol. The maximum Gasteiger partial charge on any atom is 0.104 e. The van der Waals surface area contributed by atoms with Crippen LogP contribution in [-0.2, 0) is 0 Å². The summed E-state index contributed by atoms with van der Waals surface area (Å²) in [6, 6.07) is 4.42. The van der Waals surface area contributed by atoms with Crippen LogP contribution in [0.25, 0.3) is 0 Å². The molecule has 0 saturated heterocycles. The van der Waals surface area contributed by atoms with E-state index in [1.54, 1.807) is 0 Å². The van der Waals surface area contributed by atoms with E-state index in [4.69, 9.17) is 23.2 Å². The Morgan fingerprint density at radius 1 is 1.18 bits per heavy atom. The first-order valence-corrected chi connectivity index (χ1v) is 7.26. The number of rotatable bonds is 1. The van der Waals surface area contributed by atoms with Crippen LogP contribution in [0.1, 0.15) is 25.7 Å². The Hall–Kier alpha value is -0.380. The molecule has 17 heavy (non-hydrogen) atoms. The van der Waals surface area contributed by atoms with E-state index in [1.807, 2.05) is 18.5 Å². The zero-order chi connectivity index (χ0) is 11.8. The highest BCUT2D eigenvalue weighted by Gasteiger charge is 2.26. The van der Waals surface area contributed by atoms with E-state index >= 15 is 0 Å². The van der Waals surface area contributed by atoms with Gasteiger partial charge in [0.1, 0.15) is 6.34 Å². The van der Waals surface area contributed by atoms with Gasteiger partial charge in [0, 0.05) is 18.0 Å². The molecule has 1 aromatic carbocycles. The lowest BCUT2D eigenvalue weighted by Gasteiger charge is -2.30. The van der Waals surface area contributed by atoms with E-state index in [2.05, 4.69) is 9.30 Å². The van der Waals surface area contributed by atoms with E-state index in [0.29, 0.717) is 16.1 Å². The molecular formula is C12H12Cl2N2S. The van der Waals surface area contributed by atoms with Crippen LogP contribution in [0.3, 0.4) is 0 Å². The van der Waals surface area contributed by atoms with Crippen molar-refractivity contribution < 1.29 is 0 Å². The Kier molecular flexibility index (Phi) is 3.24. The molecule has 90 valence electrons. The highest BCUT2D eigenvalue weighted by atomic mass is 35.5. The van der Waals surface area contributed by atoms with Gasteiger partial charge in [-0.3, -0.25) is 0 Å². The van der Waals surface area contributed by atoms with Crippen molar-refractivity contribution in [2.75, 3.05) is 4.90 Å². The van der Waals surface area contributed by atoms with Crippen LogP contribution in [0.2, 0.25) is 10.0 Å². The smallest absolute Gasteiger partial charge is 0.104 e. The van der Waals surface area contributed by atoms with Gasteiger partial charge in [-0.15, -0.1) is 0 Å². The number of nitrogens with zero attached hydrogens (tertiary/aromatic N) is 2. The van der Waals surface area contributed by atoms with Gasteiger partial charge in [-0.2, -0.15) is 0 Å². The van der Waals surface area contributed by atoms with Crippen LogP contribution >= 0.6 is 35.1 Å². The summed E-state index contributed by atoms with van der Waals surface area (Å²) in [4.78, 5) is 3.34. The fourth-order valence-corrected chi connectivity index (χ4v) is 3.54. The average molecular weight is 287 g/mol. The molecule has 0 radical (unpaired) electrons. The third kappa shape index (κ3) is 2.16. The van der Waals surface area contributed by atoms with Crippen molar-refractivity contribution in [2.24, 2.45) is 4.40 Å². The second-order valence-corrected chi connectivity index (χ2v) is 6.04. The predicted octanol–water partition coefficient (Wildman–Crippen LogP) is 4.79. The van der Waals surface area contributed by atoms with Gasteiger partial charge in [0.25, 0.3) is 0 Å². The molecule has 1 saturated carbocycles. The normalized spacial score (nSPS) is 19.8. The van der Waals surface area contributed by atoms with Gasteiger partial charge in [0.2, 0.25) is 0 Å². The zero-order valence-corrected chi connectivity index (χ0v) is 11.5. The lowest BCUT2D eigenvalue weighted by molar-refractivity contribution is 0.691. The number of fused-ring (bicyclic) bond motifs is 1. The summed E-state index contributed by atoms with van der Waals surface area (Å²) in [6.07, 6.45) is 7.00. The van der Waals surface area contributed by atoms with E-state index in [1.165, 1.54) is 37.6 Å². The monoisotopic (exact) mass is 286 g/mol. The van der Waals surface area contributed by atoms with E-state index in [9.17, 15) is 0 Å². The third-order valence-corrected chi connectivity index (χ3v) is 4.77. The molecule has 0 spiro atoms. The maximum atomic E-state index is 6.11. The van der Waals surface area contributed by atoms with Gasteiger partial charge in [-0.1, -0.05) is 36.0 Å². The molecule has 0 atom stereocenters. The lowest BCUT2D eigenvalue weighted by Crippen LogP contribution is -2.33. The van der Waals surface area contributed by atoms with Crippen LogP contribution in [-0.4, -0.2) is 12.4 Å². The Bertz CT molecular complexity index is 470. The van der Waals surface area contributed by atoms with Gasteiger partial charge < -0.3 is 4.90 Å². The zero-order valence-electron chi connectivity index (χ0n) is 9.20. The molecule has 5 heteroatoms. The Morgan fingerprint density at radius 3 is 2.65 bits per heavy atom. The summed E-state index contributed by atoms with van der Waals surface area (Å²) in [5.74, 6) is 0. The van der Waals surface area contributed by atoms with Crippen molar-refractivity contribution in [3.63, 3.8) is 0 Å². The molecule has 0 bridgehead atoms. The van der Waals surface area contributed by atoms with Gasteiger partial charge in [-0.05, 0) is 25.0 Å². The third-order valence-electron chi connectivity index (χ3n) is 3.32. The summed E-state index contributed by atoms with van der Waals surface area (Å²) < 4.78 is 4.33. The highest BCUT2D eigenvalue weighted by molar-refractivity contribution is 7.98. The summed E-state index contributed by atoms with van der Waals surface area (Å²) in [5.41, 5.74) is 1.14. The second kappa shape index (κ2) is 4.71. The molecular weight excluding hydrogens is 275 g/mol. The van der Waals surface area contributed by atoms with Crippen LogP contribution in [0.5, 0.6) is 0 Å². The molecule has 0 N–H and O–H groups in total. The van der Waals surface area contributed by atoms with Crippen LogP contribution in [0.4, 0.5) is 5.69 Å². The van der Waals surface area contributed by atoms with Crippen LogP contribution in [0.15, 0.2) is 21.4 Å². The molecule has 2 aliphatic rings. The molecule has 1 aromatic rings. The molecule has 1 heterocycles. The van der Waals surface area contributed by atoms with Crippen molar-refractivity contribution in [1.29, 1.82) is 0 Å². The molecule has 0 unspecified atom stereocenters. The molecule has 1 aliphatic heterocycles. The molecule has 3 rings (SSSR count). The minimum Gasteiger partial charge on any atom is -0.328 e. The largest absolute Gasteiger partial charge is 0.328 e. The van der Waals surface area contributed by atoms with Crippen molar-refractivity contribution in [3.8, 4) is 0 Å². The van der Waals surface area contributed by atoms with Crippen LogP contribution in [0, 0.1) is 0 Å². The molecule has 1 fully saturated rings. The fourth-order valence-electron chi connectivity index (χ4n) is 2.46. The Balaban J connectivity index is 2.00. The van der Waals surface area contributed by atoms with Crippen molar-refractivity contribution in [2.45, 2.75) is 36.6 Å². The average Bonchev–Trinajstić information content (AvgIpc) is 2.83. The number of benzene rings is 1. The van der Waals surface area contributed by atoms with E-state index in [0.717, 1.165) is 10.6 Å². The Morgan fingerprint density at radius 2 is 1.88 bits per heavy atom. The fraction of sp³-hybridized carbons (Fsp3) is 0.417. The van der Waals surface area contributed by atoms with Crippen molar-refractivity contribution in [1.82, 2.24) is 0 Å². The van der Waals surface area contributed by atoms with Crippen LogP contribution < -0.4 is 4.90 Å². The first-order chi connectivity index (χ1) is 8.25. The first-order valence-electron chi connectivity index (χ1n) is 5.73. The van der Waals surface area contributed by atoms with Crippen molar-refractivity contribution in [3.05, 3.63) is 22.2 Å².